The number of carbonyl (C=O) groups is 2. The molecule has 3 heterocycles. The van der Waals surface area contributed by atoms with Gasteiger partial charge in [0.25, 0.3) is 5.91 Å². The summed E-state index contributed by atoms with van der Waals surface area (Å²) in [7, 11) is 1.57. The Bertz CT molecular complexity index is 593. The zero-order valence-corrected chi connectivity index (χ0v) is 15.2. The second-order valence-corrected chi connectivity index (χ2v) is 7.35. The molecule has 25 heavy (non-hydrogen) atoms. The molecule has 3 rings (SSSR count). The first-order chi connectivity index (χ1) is 12.0. The topological polar surface area (TPSA) is 78.5 Å². The Kier molecular flexibility index (Phi) is 5.42. The molecule has 0 aromatic carbocycles. The van der Waals surface area contributed by atoms with Gasteiger partial charge in [-0.25, -0.2) is 4.98 Å². The first-order valence-corrected chi connectivity index (χ1v) is 9.10. The van der Waals surface area contributed by atoms with Gasteiger partial charge in [0.05, 0.1) is 6.33 Å². The molecule has 7 nitrogen and oxygen atoms in total. The van der Waals surface area contributed by atoms with Gasteiger partial charge in [-0.1, -0.05) is 0 Å². The third-order valence-electron chi connectivity index (χ3n) is 5.79. The Morgan fingerprint density at radius 2 is 2.16 bits per heavy atom. The van der Waals surface area contributed by atoms with Gasteiger partial charge in [-0.2, -0.15) is 0 Å². The van der Waals surface area contributed by atoms with Crippen LogP contribution in [0.1, 0.15) is 38.3 Å². The number of imidazole rings is 1. The molecule has 1 N–H and O–H groups in total. The van der Waals surface area contributed by atoms with Gasteiger partial charge in [-0.3, -0.25) is 9.59 Å². The minimum Gasteiger partial charge on any atom is -0.372 e. The maximum absolute atomic E-state index is 12.3. The van der Waals surface area contributed by atoms with Gasteiger partial charge in [-0.15, -0.1) is 0 Å². The summed E-state index contributed by atoms with van der Waals surface area (Å²) in [6, 6.07) is 0. The van der Waals surface area contributed by atoms with Crippen LogP contribution in [0, 0.1) is 5.41 Å². The molecule has 0 saturated carbocycles. The highest BCUT2D eigenvalue weighted by molar-refractivity contribution is 5.80. The van der Waals surface area contributed by atoms with Gasteiger partial charge in [0.1, 0.15) is 6.10 Å². The Balaban J connectivity index is 1.56. The van der Waals surface area contributed by atoms with E-state index in [0.29, 0.717) is 6.42 Å². The van der Waals surface area contributed by atoms with E-state index in [-0.39, 0.29) is 23.3 Å². The number of piperidine rings is 2. The fourth-order valence-electron chi connectivity index (χ4n) is 3.95. The van der Waals surface area contributed by atoms with E-state index in [2.05, 4.69) is 9.97 Å². The van der Waals surface area contributed by atoms with E-state index in [9.17, 15) is 9.59 Å². The molecule has 2 saturated heterocycles. The Hall–Kier alpha value is -1.89. The highest BCUT2D eigenvalue weighted by atomic mass is 16.5. The molecule has 0 radical (unpaired) electrons. The van der Waals surface area contributed by atoms with Crippen molar-refractivity contribution in [2.75, 3.05) is 33.3 Å². The van der Waals surface area contributed by atoms with Crippen LogP contribution in [0.5, 0.6) is 0 Å². The lowest BCUT2D eigenvalue weighted by molar-refractivity contribution is -0.147. The number of rotatable bonds is 5. The van der Waals surface area contributed by atoms with E-state index in [1.54, 1.807) is 20.4 Å². The number of likely N-dealkylation sites (tertiary alicyclic amines) is 2. The fraction of sp³-hybridized carbons (Fsp3) is 0.722. The van der Waals surface area contributed by atoms with Gasteiger partial charge in [0.2, 0.25) is 5.91 Å². The highest BCUT2D eigenvalue weighted by Gasteiger charge is 2.41. The van der Waals surface area contributed by atoms with Crippen LogP contribution in [0.3, 0.4) is 0 Å². The Morgan fingerprint density at radius 3 is 2.80 bits per heavy atom. The van der Waals surface area contributed by atoms with Gasteiger partial charge < -0.3 is 19.5 Å². The minimum atomic E-state index is -0.382. The van der Waals surface area contributed by atoms with Crippen LogP contribution >= 0.6 is 0 Å². The summed E-state index contributed by atoms with van der Waals surface area (Å²) in [5.74, 6) is 0.317. The van der Waals surface area contributed by atoms with E-state index in [4.69, 9.17) is 4.74 Å². The quantitative estimate of drug-likeness (QED) is 0.868. The lowest BCUT2D eigenvalue weighted by Gasteiger charge is -2.47. The number of aromatic amines is 1. The fourth-order valence-corrected chi connectivity index (χ4v) is 3.95. The summed E-state index contributed by atoms with van der Waals surface area (Å²) in [4.78, 5) is 35.6. The van der Waals surface area contributed by atoms with Gasteiger partial charge in [0.15, 0.2) is 0 Å². The number of hydrogen-bond acceptors (Lipinski definition) is 4. The van der Waals surface area contributed by atoms with Crippen molar-refractivity contribution < 1.29 is 14.3 Å². The van der Waals surface area contributed by atoms with Crippen LogP contribution in [-0.4, -0.2) is 71.0 Å². The average molecular weight is 348 g/mol. The van der Waals surface area contributed by atoms with Crippen molar-refractivity contribution in [3.05, 3.63) is 18.2 Å². The lowest BCUT2D eigenvalue weighted by Crippen LogP contribution is -2.53. The molecule has 0 bridgehead atoms. The number of hydrogen-bond donors (Lipinski definition) is 1. The molecule has 2 aliphatic heterocycles. The SMILES string of the molecule is CO[C@H](C)C(=O)N1CCC2(CCC(=O)N(CCc3cnc[nH]3)C2)CC1. The highest BCUT2D eigenvalue weighted by Crippen LogP contribution is 2.40. The van der Waals surface area contributed by atoms with Crippen LogP contribution in [0.25, 0.3) is 0 Å². The second kappa shape index (κ2) is 7.56. The number of amides is 2. The van der Waals surface area contributed by atoms with Crippen LogP contribution < -0.4 is 0 Å². The van der Waals surface area contributed by atoms with E-state index < -0.39 is 0 Å². The van der Waals surface area contributed by atoms with Crippen molar-refractivity contribution in [2.45, 2.75) is 45.1 Å². The molecular formula is C18H28N4O3. The molecule has 138 valence electrons. The number of carbonyl (C=O) groups excluding carboxylic acids is 2. The van der Waals surface area contributed by atoms with E-state index in [1.807, 2.05) is 16.0 Å². The molecule has 2 fully saturated rings. The first-order valence-electron chi connectivity index (χ1n) is 9.10. The molecule has 2 amide bonds. The van der Waals surface area contributed by atoms with Gasteiger partial charge in [0, 0.05) is 58.0 Å². The van der Waals surface area contributed by atoms with Crippen LogP contribution in [0.2, 0.25) is 0 Å². The third kappa shape index (κ3) is 4.03. The van der Waals surface area contributed by atoms with Gasteiger partial charge >= 0.3 is 0 Å². The van der Waals surface area contributed by atoms with Crippen molar-refractivity contribution >= 4 is 11.8 Å². The van der Waals surface area contributed by atoms with Crippen molar-refractivity contribution in [1.29, 1.82) is 0 Å². The maximum atomic E-state index is 12.3. The predicted octanol–water partition coefficient (Wildman–Crippen LogP) is 1.22. The van der Waals surface area contributed by atoms with Crippen LogP contribution in [-0.2, 0) is 20.7 Å². The normalized spacial score (nSPS) is 21.6. The summed E-state index contributed by atoms with van der Waals surface area (Å²) in [5, 5.41) is 0. The van der Waals surface area contributed by atoms with Crippen molar-refractivity contribution in [2.24, 2.45) is 5.41 Å². The molecule has 0 unspecified atom stereocenters. The molecule has 1 aromatic rings. The molecule has 7 heteroatoms. The van der Waals surface area contributed by atoms with Crippen molar-refractivity contribution in [3.63, 3.8) is 0 Å². The average Bonchev–Trinajstić information content (AvgIpc) is 3.15. The summed E-state index contributed by atoms with van der Waals surface area (Å²) >= 11 is 0. The van der Waals surface area contributed by atoms with Crippen molar-refractivity contribution in [3.8, 4) is 0 Å². The van der Waals surface area contributed by atoms with Gasteiger partial charge in [-0.05, 0) is 31.6 Å². The van der Waals surface area contributed by atoms with E-state index >= 15 is 0 Å². The summed E-state index contributed by atoms with van der Waals surface area (Å²) in [6.45, 7) is 4.85. The number of aromatic nitrogens is 2. The van der Waals surface area contributed by atoms with Crippen LogP contribution in [0.15, 0.2) is 12.5 Å². The predicted molar refractivity (Wildman–Crippen MR) is 92.8 cm³/mol. The zero-order chi connectivity index (χ0) is 17.9. The largest absolute Gasteiger partial charge is 0.372 e. The number of ether oxygens (including phenoxy) is 1. The number of methoxy groups -OCH3 is 1. The molecule has 1 aromatic heterocycles. The first kappa shape index (κ1) is 17.9. The molecule has 1 atom stereocenters. The standard InChI is InChI=1S/C18H28N4O3/c1-14(25-2)17(24)21-9-6-18(7-10-21)5-3-16(23)22(12-18)8-4-15-11-19-13-20-15/h11,13-14H,3-10,12H2,1-2H3,(H,19,20)/t14-/m1/s1. The van der Waals surface area contributed by atoms with E-state index in [0.717, 1.165) is 57.6 Å². The number of nitrogens with one attached hydrogen (secondary N) is 1. The molecule has 1 spiro atoms. The number of nitrogens with zero attached hydrogens (tertiary/aromatic N) is 3. The second-order valence-electron chi connectivity index (χ2n) is 7.35. The smallest absolute Gasteiger partial charge is 0.251 e. The lowest BCUT2D eigenvalue weighted by atomic mass is 9.72. The summed E-state index contributed by atoms with van der Waals surface area (Å²) in [6.07, 6.45) is 7.38. The summed E-state index contributed by atoms with van der Waals surface area (Å²) < 4.78 is 5.15. The molecule has 2 aliphatic rings. The van der Waals surface area contributed by atoms with E-state index in [1.165, 1.54) is 0 Å². The van der Waals surface area contributed by atoms with Crippen LogP contribution in [0.4, 0.5) is 0 Å². The monoisotopic (exact) mass is 348 g/mol. The number of H-pyrrole nitrogens is 1. The Morgan fingerprint density at radius 1 is 1.40 bits per heavy atom. The summed E-state index contributed by atoms with van der Waals surface area (Å²) in [5.41, 5.74) is 1.22. The third-order valence-corrected chi connectivity index (χ3v) is 5.79. The molecular weight excluding hydrogens is 320 g/mol. The minimum absolute atomic E-state index is 0.0698. The van der Waals surface area contributed by atoms with Crippen molar-refractivity contribution in [1.82, 2.24) is 19.8 Å². The maximum Gasteiger partial charge on any atom is 0.251 e. The molecule has 0 aliphatic carbocycles. The Labute approximate surface area is 148 Å². The zero-order valence-electron chi connectivity index (χ0n) is 15.2.